The van der Waals surface area contributed by atoms with Gasteiger partial charge in [0.25, 0.3) is 5.56 Å². The SMILES string of the molecule is COCCCSc1nnc2n(Cc3ccccc3OC)c(=O)c3ccccc3n12. The number of para-hydroxylation sites is 2. The molecule has 8 heteroatoms. The van der Waals surface area contributed by atoms with Gasteiger partial charge >= 0.3 is 0 Å². The van der Waals surface area contributed by atoms with Gasteiger partial charge in [-0.1, -0.05) is 42.1 Å². The van der Waals surface area contributed by atoms with Crippen LogP contribution in [-0.4, -0.2) is 45.7 Å². The van der Waals surface area contributed by atoms with Crippen LogP contribution in [-0.2, 0) is 11.3 Å². The Morgan fingerprint density at radius 2 is 1.83 bits per heavy atom. The van der Waals surface area contributed by atoms with Gasteiger partial charge in [-0.15, -0.1) is 10.2 Å². The summed E-state index contributed by atoms with van der Waals surface area (Å²) in [6.45, 7) is 1.05. The molecule has 2 aromatic carbocycles. The van der Waals surface area contributed by atoms with Gasteiger partial charge < -0.3 is 9.47 Å². The lowest BCUT2D eigenvalue weighted by Crippen LogP contribution is -2.24. The molecule has 0 atom stereocenters. The predicted molar refractivity (Wildman–Crippen MR) is 114 cm³/mol. The summed E-state index contributed by atoms with van der Waals surface area (Å²) < 4.78 is 14.2. The molecule has 0 aliphatic carbocycles. The Balaban J connectivity index is 1.86. The number of fused-ring (bicyclic) bond motifs is 3. The van der Waals surface area contributed by atoms with Crippen molar-refractivity contribution in [1.82, 2.24) is 19.2 Å². The van der Waals surface area contributed by atoms with E-state index in [9.17, 15) is 4.79 Å². The van der Waals surface area contributed by atoms with Crippen molar-refractivity contribution in [2.75, 3.05) is 26.6 Å². The molecule has 0 fully saturated rings. The lowest BCUT2D eigenvalue weighted by Gasteiger charge is -2.13. The molecule has 0 aliphatic rings. The van der Waals surface area contributed by atoms with Crippen LogP contribution < -0.4 is 10.3 Å². The second-order valence-electron chi connectivity index (χ2n) is 6.53. The fourth-order valence-electron chi connectivity index (χ4n) is 3.34. The van der Waals surface area contributed by atoms with Gasteiger partial charge in [0.2, 0.25) is 5.78 Å². The van der Waals surface area contributed by atoms with Gasteiger partial charge in [0, 0.05) is 25.0 Å². The summed E-state index contributed by atoms with van der Waals surface area (Å²) in [6, 6.07) is 15.3. The predicted octanol–water partition coefficient (Wildman–Crippen LogP) is 3.23. The first-order valence-corrected chi connectivity index (χ1v) is 10.3. The number of hydrogen-bond donors (Lipinski definition) is 0. The van der Waals surface area contributed by atoms with E-state index >= 15 is 0 Å². The highest BCUT2D eigenvalue weighted by Gasteiger charge is 2.17. The highest BCUT2D eigenvalue weighted by molar-refractivity contribution is 7.99. The van der Waals surface area contributed by atoms with E-state index in [1.54, 1.807) is 30.5 Å². The standard InChI is InChI=1S/C21H22N4O3S/c1-27-12-7-13-29-21-23-22-20-24(14-15-8-3-6-11-18(15)28-2)19(26)16-9-4-5-10-17(16)25(20)21/h3-6,8-11H,7,12-14H2,1-2H3. The van der Waals surface area contributed by atoms with Crippen LogP contribution in [0.15, 0.2) is 58.5 Å². The van der Waals surface area contributed by atoms with E-state index in [-0.39, 0.29) is 5.56 Å². The number of benzene rings is 2. The quantitative estimate of drug-likeness (QED) is 0.328. The number of thioether (sulfide) groups is 1. The first kappa shape index (κ1) is 19.5. The number of nitrogens with zero attached hydrogens (tertiary/aromatic N) is 4. The maximum absolute atomic E-state index is 13.3. The molecule has 0 saturated heterocycles. The largest absolute Gasteiger partial charge is 0.496 e. The molecule has 0 unspecified atom stereocenters. The second kappa shape index (κ2) is 8.67. The maximum Gasteiger partial charge on any atom is 0.263 e. The summed E-state index contributed by atoms with van der Waals surface area (Å²) in [5.74, 6) is 2.11. The van der Waals surface area contributed by atoms with Crippen LogP contribution in [0.4, 0.5) is 0 Å². The molecule has 4 rings (SSSR count). The molecule has 0 aliphatic heterocycles. The molecular formula is C21H22N4O3S. The molecule has 150 valence electrons. The zero-order chi connectivity index (χ0) is 20.2. The average molecular weight is 410 g/mol. The average Bonchev–Trinajstić information content (AvgIpc) is 3.18. The summed E-state index contributed by atoms with van der Waals surface area (Å²) in [4.78, 5) is 13.3. The molecule has 0 saturated carbocycles. The highest BCUT2D eigenvalue weighted by atomic mass is 32.2. The number of ether oxygens (including phenoxy) is 2. The summed E-state index contributed by atoms with van der Waals surface area (Å²) in [5.41, 5.74) is 1.62. The molecule has 0 amide bonds. The molecule has 4 aromatic rings. The molecule has 2 heterocycles. The molecule has 0 spiro atoms. The first-order chi connectivity index (χ1) is 14.2. The molecule has 7 nitrogen and oxygen atoms in total. The Labute approximate surface area is 172 Å². The normalized spacial score (nSPS) is 11.4. The molecule has 29 heavy (non-hydrogen) atoms. The van der Waals surface area contributed by atoms with Crippen LogP contribution in [0.3, 0.4) is 0 Å². The van der Waals surface area contributed by atoms with Crippen molar-refractivity contribution < 1.29 is 9.47 Å². The number of rotatable bonds is 8. The van der Waals surface area contributed by atoms with Crippen molar-refractivity contribution in [3.63, 3.8) is 0 Å². The summed E-state index contributed by atoms with van der Waals surface area (Å²) in [5, 5.41) is 10.1. The lowest BCUT2D eigenvalue weighted by atomic mass is 10.2. The van der Waals surface area contributed by atoms with Gasteiger partial charge in [0.05, 0.1) is 24.6 Å². The molecular weight excluding hydrogens is 388 g/mol. The van der Waals surface area contributed by atoms with Crippen LogP contribution in [0.2, 0.25) is 0 Å². The minimum Gasteiger partial charge on any atom is -0.496 e. The van der Waals surface area contributed by atoms with Crippen molar-refractivity contribution in [3.05, 3.63) is 64.4 Å². The van der Waals surface area contributed by atoms with Gasteiger partial charge in [-0.2, -0.15) is 0 Å². The third-order valence-electron chi connectivity index (χ3n) is 4.72. The maximum atomic E-state index is 13.3. The van der Waals surface area contributed by atoms with Gasteiger partial charge in [-0.25, -0.2) is 0 Å². The van der Waals surface area contributed by atoms with E-state index in [2.05, 4.69) is 10.2 Å². The van der Waals surface area contributed by atoms with E-state index in [4.69, 9.17) is 9.47 Å². The molecule has 0 bridgehead atoms. The van der Waals surface area contributed by atoms with Crippen molar-refractivity contribution in [3.8, 4) is 5.75 Å². The van der Waals surface area contributed by atoms with Crippen LogP contribution >= 0.6 is 11.8 Å². The minimum atomic E-state index is -0.0951. The van der Waals surface area contributed by atoms with Gasteiger partial charge in [-0.3, -0.25) is 13.8 Å². The Kier molecular flexibility index (Phi) is 5.82. The monoisotopic (exact) mass is 410 g/mol. The van der Waals surface area contributed by atoms with Crippen LogP contribution in [0.5, 0.6) is 5.75 Å². The Morgan fingerprint density at radius 3 is 2.66 bits per heavy atom. The third-order valence-corrected chi connectivity index (χ3v) is 5.74. The van der Waals surface area contributed by atoms with Crippen LogP contribution in [0.1, 0.15) is 12.0 Å². The van der Waals surface area contributed by atoms with Crippen molar-refractivity contribution >= 4 is 28.4 Å². The Hall–Kier alpha value is -2.84. The fourth-order valence-corrected chi connectivity index (χ4v) is 4.19. The van der Waals surface area contributed by atoms with E-state index in [0.717, 1.165) is 34.2 Å². The second-order valence-corrected chi connectivity index (χ2v) is 7.60. The van der Waals surface area contributed by atoms with Crippen molar-refractivity contribution in [2.45, 2.75) is 18.1 Å². The van der Waals surface area contributed by atoms with Crippen molar-refractivity contribution in [1.29, 1.82) is 0 Å². The smallest absolute Gasteiger partial charge is 0.263 e. The number of hydrogen-bond acceptors (Lipinski definition) is 6. The van der Waals surface area contributed by atoms with E-state index in [0.29, 0.717) is 24.3 Å². The van der Waals surface area contributed by atoms with E-state index < -0.39 is 0 Å². The summed E-state index contributed by atoms with van der Waals surface area (Å²) in [7, 11) is 3.32. The number of aromatic nitrogens is 4. The van der Waals surface area contributed by atoms with Crippen LogP contribution in [0.25, 0.3) is 16.7 Å². The fraction of sp³-hybridized carbons (Fsp3) is 0.286. The highest BCUT2D eigenvalue weighted by Crippen LogP contribution is 2.24. The summed E-state index contributed by atoms with van der Waals surface area (Å²) >= 11 is 1.61. The zero-order valence-corrected chi connectivity index (χ0v) is 17.2. The third kappa shape index (κ3) is 3.73. The minimum absolute atomic E-state index is 0.0951. The van der Waals surface area contributed by atoms with E-state index in [1.807, 2.05) is 52.9 Å². The zero-order valence-electron chi connectivity index (χ0n) is 16.4. The Morgan fingerprint density at radius 1 is 1.03 bits per heavy atom. The lowest BCUT2D eigenvalue weighted by molar-refractivity contribution is 0.200. The molecule has 0 N–H and O–H groups in total. The van der Waals surface area contributed by atoms with Gasteiger partial charge in [0.15, 0.2) is 5.16 Å². The first-order valence-electron chi connectivity index (χ1n) is 9.35. The van der Waals surface area contributed by atoms with Gasteiger partial charge in [-0.05, 0) is 24.6 Å². The Bertz CT molecular complexity index is 1200. The van der Waals surface area contributed by atoms with Gasteiger partial charge in [0.1, 0.15) is 5.75 Å². The topological polar surface area (TPSA) is 70.7 Å². The number of methoxy groups -OCH3 is 2. The molecule has 0 radical (unpaired) electrons. The van der Waals surface area contributed by atoms with Crippen LogP contribution in [0, 0.1) is 0 Å². The van der Waals surface area contributed by atoms with Crippen molar-refractivity contribution in [2.24, 2.45) is 0 Å². The summed E-state index contributed by atoms with van der Waals surface area (Å²) in [6.07, 6.45) is 0.912. The molecule has 2 aromatic heterocycles. The van der Waals surface area contributed by atoms with E-state index in [1.165, 1.54) is 0 Å².